The first-order chi connectivity index (χ1) is 9.34. The van der Waals surface area contributed by atoms with Crippen molar-refractivity contribution in [2.24, 2.45) is 4.99 Å². The van der Waals surface area contributed by atoms with Crippen LogP contribution in [0.1, 0.15) is 32.1 Å². The lowest BCUT2D eigenvalue weighted by molar-refractivity contribution is -0.115. The molecule has 4 heteroatoms. The van der Waals surface area contributed by atoms with Crippen molar-refractivity contribution in [2.45, 2.75) is 38.1 Å². The van der Waals surface area contributed by atoms with Crippen LogP contribution in [0.3, 0.4) is 0 Å². The number of benzene rings is 1. The molecular formula is C15H18N2OS. The molecule has 0 radical (unpaired) electrons. The zero-order valence-electron chi connectivity index (χ0n) is 10.9. The number of nitrogens with zero attached hydrogens (tertiary/aromatic N) is 2. The van der Waals surface area contributed by atoms with Gasteiger partial charge in [-0.25, -0.2) is 0 Å². The number of hydrogen-bond acceptors (Lipinski definition) is 3. The van der Waals surface area contributed by atoms with E-state index in [1.54, 1.807) is 16.7 Å². The van der Waals surface area contributed by atoms with Crippen LogP contribution in [-0.4, -0.2) is 22.9 Å². The number of para-hydroxylation sites is 1. The van der Waals surface area contributed by atoms with E-state index in [1.807, 2.05) is 30.3 Å². The summed E-state index contributed by atoms with van der Waals surface area (Å²) < 4.78 is 0. The number of thioether (sulfide) groups is 1. The van der Waals surface area contributed by atoms with Gasteiger partial charge >= 0.3 is 0 Å². The minimum atomic E-state index is 0.144. The van der Waals surface area contributed by atoms with E-state index in [2.05, 4.69) is 0 Å². The smallest absolute Gasteiger partial charge is 0.243 e. The van der Waals surface area contributed by atoms with E-state index in [1.165, 1.54) is 32.1 Å². The van der Waals surface area contributed by atoms with Crippen LogP contribution in [0.15, 0.2) is 35.3 Å². The molecule has 19 heavy (non-hydrogen) atoms. The lowest BCUT2D eigenvalue weighted by Crippen LogP contribution is -2.30. The second-order valence-electron chi connectivity index (χ2n) is 5.06. The topological polar surface area (TPSA) is 32.7 Å². The number of aliphatic imine (C=N–C) groups is 1. The maximum Gasteiger partial charge on any atom is 0.243 e. The van der Waals surface area contributed by atoms with Crippen LogP contribution in [-0.2, 0) is 4.79 Å². The van der Waals surface area contributed by atoms with Crippen LogP contribution in [0.2, 0.25) is 0 Å². The third-order valence-electron chi connectivity index (χ3n) is 3.65. The van der Waals surface area contributed by atoms with E-state index in [9.17, 15) is 4.79 Å². The van der Waals surface area contributed by atoms with Crippen molar-refractivity contribution >= 4 is 28.5 Å². The van der Waals surface area contributed by atoms with Gasteiger partial charge in [-0.05, 0) is 25.0 Å². The first-order valence-corrected chi connectivity index (χ1v) is 7.92. The summed E-state index contributed by atoms with van der Waals surface area (Å²) in [6.07, 6.45) is 6.20. The Morgan fingerprint density at radius 2 is 1.84 bits per heavy atom. The maximum atomic E-state index is 12.1. The Morgan fingerprint density at radius 1 is 1.11 bits per heavy atom. The molecule has 3 nitrogen and oxygen atoms in total. The Morgan fingerprint density at radius 3 is 2.58 bits per heavy atom. The van der Waals surface area contributed by atoms with Crippen molar-refractivity contribution < 1.29 is 4.79 Å². The third-order valence-corrected chi connectivity index (χ3v) is 4.59. The number of rotatable bonds is 2. The molecule has 0 aromatic heterocycles. The highest BCUT2D eigenvalue weighted by molar-refractivity contribution is 8.15. The van der Waals surface area contributed by atoms with Gasteiger partial charge in [-0.15, -0.1) is 0 Å². The van der Waals surface area contributed by atoms with Gasteiger partial charge in [-0.3, -0.25) is 14.7 Å². The lowest BCUT2D eigenvalue weighted by atomic mass is 9.96. The Labute approximate surface area is 118 Å². The van der Waals surface area contributed by atoms with Crippen molar-refractivity contribution in [1.82, 2.24) is 0 Å². The number of hydrogen-bond donors (Lipinski definition) is 0. The molecule has 0 bridgehead atoms. The van der Waals surface area contributed by atoms with Crippen LogP contribution in [0.5, 0.6) is 0 Å². The molecule has 0 N–H and O–H groups in total. The van der Waals surface area contributed by atoms with Crippen molar-refractivity contribution in [1.29, 1.82) is 0 Å². The molecular weight excluding hydrogens is 256 g/mol. The summed E-state index contributed by atoms with van der Waals surface area (Å²) in [7, 11) is 0. The molecule has 1 aliphatic heterocycles. The Kier molecular flexibility index (Phi) is 3.87. The molecule has 1 aromatic rings. The van der Waals surface area contributed by atoms with E-state index in [0.29, 0.717) is 11.8 Å². The SMILES string of the molecule is O=C1CSC(=NC2CCCCC2)N1c1ccccc1. The summed E-state index contributed by atoms with van der Waals surface area (Å²) in [6, 6.07) is 10.2. The normalized spacial score (nSPS) is 23.3. The van der Waals surface area contributed by atoms with Crippen molar-refractivity contribution in [3.05, 3.63) is 30.3 Å². The predicted octanol–water partition coefficient (Wildman–Crippen LogP) is 3.46. The predicted molar refractivity (Wildman–Crippen MR) is 80.7 cm³/mol. The largest absolute Gasteiger partial charge is 0.273 e. The Bertz CT molecular complexity index is 480. The molecule has 100 valence electrons. The minimum Gasteiger partial charge on any atom is -0.273 e. The van der Waals surface area contributed by atoms with Gasteiger partial charge in [0.05, 0.1) is 17.5 Å². The molecule has 1 aromatic carbocycles. The molecule has 2 fully saturated rings. The second-order valence-corrected chi connectivity index (χ2v) is 6.00. The Balaban J connectivity index is 1.84. The number of carbonyl (C=O) groups excluding carboxylic acids is 1. The molecule has 1 heterocycles. The fraction of sp³-hybridized carbons (Fsp3) is 0.467. The van der Waals surface area contributed by atoms with Crippen LogP contribution in [0, 0.1) is 0 Å². The highest BCUT2D eigenvalue weighted by Gasteiger charge is 2.30. The highest BCUT2D eigenvalue weighted by atomic mass is 32.2. The van der Waals surface area contributed by atoms with Crippen molar-refractivity contribution in [3.63, 3.8) is 0 Å². The van der Waals surface area contributed by atoms with Gasteiger partial charge in [0.1, 0.15) is 0 Å². The lowest BCUT2D eigenvalue weighted by Gasteiger charge is -2.21. The first-order valence-electron chi connectivity index (χ1n) is 6.93. The van der Waals surface area contributed by atoms with E-state index in [4.69, 9.17) is 4.99 Å². The van der Waals surface area contributed by atoms with Gasteiger partial charge in [0.15, 0.2) is 5.17 Å². The van der Waals surface area contributed by atoms with Gasteiger partial charge in [-0.1, -0.05) is 49.2 Å². The molecule has 0 atom stereocenters. The van der Waals surface area contributed by atoms with Gasteiger partial charge in [-0.2, -0.15) is 0 Å². The summed E-state index contributed by atoms with van der Waals surface area (Å²) in [5.74, 6) is 0.659. The minimum absolute atomic E-state index is 0.144. The summed E-state index contributed by atoms with van der Waals surface area (Å²) in [6.45, 7) is 0. The maximum absolute atomic E-state index is 12.1. The third kappa shape index (κ3) is 2.84. The van der Waals surface area contributed by atoms with Crippen LogP contribution >= 0.6 is 11.8 Å². The number of amidine groups is 1. The van der Waals surface area contributed by atoms with Crippen LogP contribution in [0.4, 0.5) is 5.69 Å². The number of anilines is 1. The van der Waals surface area contributed by atoms with Crippen molar-refractivity contribution in [2.75, 3.05) is 10.7 Å². The standard InChI is InChI=1S/C15H18N2OS/c18-14-11-19-15(16-12-7-3-1-4-8-12)17(14)13-9-5-2-6-10-13/h2,5-6,9-10,12H,1,3-4,7-8,11H2. The zero-order valence-corrected chi connectivity index (χ0v) is 11.7. The van der Waals surface area contributed by atoms with E-state index < -0.39 is 0 Å². The molecule has 0 spiro atoms. The first kappa shape index (κ1) is 12.7. The summed E-state index contributed by atoms with van der Waals surface area (Å²) >= 11 is 1.57. The average molecular weight is 274 g/mol. The summed E-state index contributed by atoms with van der Waals surface area (Å²) in [5.41, 5.74) is 0.937. The monoisotopic (exact) mass is 274 g/mol. The van der Waals surface area contributed by atoms with Gasteiger partial charge in [0.25, 0.3) is 0 Å². The quantitative estimate of drug-likeness (QED) is 0.827. The second kappa shape index (κ2) is 5.78. The average Bonchev–Trinajstić information content (AvgIpc) is 2.82. The zero-order chi connectivity index (χ0) is 13.1. The molecule has 0 unspecified atom stereocenters. The van der Waals surface area contributed by atoms with Gasteiger partial charge in [0.2, 0.25) is 5.91 Å². The van der Waals surface area contributed by atoms with Gasteiger partial charge in [0, 0.05) is 0 Å². The highest BCUT2D eigenvalue weighted by Crippen LogP contribution is 2.29. The van der Waals surface area contributed by atoms with E-state index >= 15 is 0 Å². The van der Waals surface area contributed by atoms with Crippen molar-refractivity contribution in [3.8, 4) is 0 Å². The van der Waals surface area contributed by atoms with Crippen LogP contribution in [0.25, 0.3) is 0 Å². The molecule has 1 aliphatic carbocycles. The Hall–Kier alpha value is -1.29. The number of carbonyl (C=O) groups is 1. The number of amides is 1. The van der Waals surface area contributed by atoms with E-state index in [0.717, 1.165) is 10.9 Å². The fourth-order valence-corrected chi connectivity index (χ4v) is 3.60. The molecule has 1 amide bonds. The summed E-state index contributed by atoms with van der Waals surface area (Å²) in [5, 5.41) is 0.892. The fourth-order valence-electron chi connectivity index (χ4n) is 2.65. The van der Waals surface area contributed by atoms with E-state index in [-0.39, 0.29) is 5.91 Å². The van der Waals surface area contributed by atoms with Crippen LogP contribution < -0.4 is 4.90 Å². The summed E-state index contributed by atoms with van der Waals surface area (Å²) in [4.78, 5) is 18.7. The van der Waals surface area contributed by atoms with Gasteiger partial charge < -0.3 is 0 Å². The molecule has 2 aliphatic rings. The molecule has 1 saturated heterocycles. The molecule has 3 rings (SSSR count). The molecule has 1 saturated carbocycles.